The van der Waals surface area contributed by atoms with Gasteiger partial charge < -0.3 is 10.6 Å². The zero-order valence-corrected chi connectivity index (χ0v) is 12.9. The van der Waals surface area contributed by atoms with Crippen LogP contribution in [0.5, 0.6) is 0 Å². The van der Waals surface area contributed by atoms with Crippen LogP contribution in [-0.2, 0) is 6.54 Å². The number of halogens is 2. The molecule has 0 aliphatic rings. The second kappa shape index (κ2) is 7.07. The molecule has 0 atom stereocenters. The number of nitrogens with one attached hydrogen (secondary N) is 2. The maximum atomic E-state index is 13.6. The van der Waals surface area contributed by atoms with Crippen LogP contribution in [0.15, 0.2) is 60.9 Å². The van der Waals surface area contributed by atoms with Crippen LogP contribution < -0.4 is 10.6 Å². The SMILES string of the molecule is Fc1ccccc1CNc1cc(Nc2ccccc2Cl)ncn1. The van der Waals surface area contributed by atoms with Gasteiger partial charge in [-0.1, -0.05) is 41.9 Å². The fourth-order valence-electron chi connectivity index (χ4n) is 2.05. The van der Waals surface area contributed by atoms with Crippen LogP contribution >= 0.6 is 11.6 Å². The molecule has 2 aromatic carbocycles. The average Bonchev–Trinajstić information content (AvgIpc) is 2.57. The predicted molar refractivity (Wildman–Crippen MR) is 90.5 cm³/mol. The molecular weight excluding hydrogens is 315 g/mol. The summed E-state index contributed by atoms with van der Waals surface area (Å²) in [5, 5.41) is 6.81. The highest BCUT2D eigenvalue weighted by atomic mass is 35.5. The Morgan fingerprint density at radius 1 is 0.957 bits per heavy atom. The van der Waals surface area contributed by atoms with Crippen LogP contribution in [0.4, 0.5) is 21.7 Å². The molecule has 1 aromatic heterocycles. The van der Waals surface area contributed by atoms with Gasteiger partial charge in [0.1, 0.15) is 23.8 Å². The first-order valence-corrected chi connectivity index (χ1v) is 7.41. The van der Waals surface area contributed by atoms with Crippen molar-refractivity contribution in [3.05, 3.63) is 77.3 Å². The lowest BCUT2D eigenvalue weighted by molar-refractivity contribution is 0.613. The number of para-hydroxylation sites is 1. The molecule has 116 valence electrons. The summed E-state index contributed by atoms with van der Waals surface area (Å²) in [5.41, 5.74) is 1.33. The molecule has 23 heavy (non-hydrogen) atoms. The molecule has 3 rings (SSSR count). The third-order valence-electron chi connectivity index (χ3n) is 3.22. The lowest BCUT2D eigenvalue weighted by Gasteiger charge is -2.10. The second-order valence-corrected chi connectivity index (χ2v) is 5.25. The Morgan fingerprint density at radius 3 is 2.52 bits per heavy atom. The highest BCUT2D eigenvalue weighted by Crippen LogP contribution is 2.24. The number of hydrogen-bond donors (Lipinski definition) is 2. The van der Waals surface area contributed by atoms with Gasteiger partial charge in [-0.05, 0) is 18.2 Å². The number of anilines is 3. The average molecular weight is 329 g/mol. The molecule has 0 bridgehead atoms. The van der Waals surface area contributed by atoms with Crippen molar-refractivity contribution in [2.45, 2.75) is 6.54 Å². The largest absolute Gasteiger partial charge is 0.366 e. The van der Waals surface area contributed by atoms with Crippen LogP contribution in [0.25, 0.3) is 0 Å². The van der Waals surface area contributed by atoms with Gasteiger partial charge in [0.05, 0.1) is 10.7 Å². The minimum absolute atomic E-state index is 0.247. The minimum Gasteiger partial charge on any atom is -0.366 e. The topological polar surface area (TPSA) is 49.8 Å². The van der Waals surface area contributed by atoms with Crippen molar-refractivity contribution < 1.29 is 4.39 Å². The number of aromatic nitrogens is 2. The van der Waals surface area contributed by atoms with Crippen molar-refractivity contribution >= 4 is 28.9 Å². The van der Waals surface area contributed by atoms with Gasteiger partial charge in [-0.15, -0.1) is 0 Å². The van der Waals surface area contributed by atoms with E-state index in [1.54, 1.807) is 30.3 Å². The summed E-state index contributed by atoms with van der Waals surface area (Å²) in [5.74, 6) is 0.949. The predicted octanol–water partition coefficient (Wildman–Crippen LogP) is 4.62. The Labute approximate surface area is 138 Å². The Kier molecular flexibility index (Phi) is 4.68. The number of hydrogen-bond acceptors (Lipinski definition) is 4. The summed E-state index contributed by atoms with van der Waals surface area (Å²) in [6.45, 7) is 0.342. The quantitative estimate of drug-likeness (QED) is 0.717. The van der Waals surface area contributed by atoms with Gasteiger partial charge in [0.15, 0.2) is 0 Å². The van der Waals surface area contributed by atoms with E-state index in [4.69, 9.17) is 11.6 Å². The highest BCUT2D eigenvalue weighted by Gasteiger charge is 2.04. The van der Waals surface area contributed by atoms with Crippen molar-refractivity contribution in [3.63, 3.8) is 0 Å². The van der Waals surface area contributed by atoms with E-state index >= 15 is 0 Å². The van der Waals surface area contributed by atoms with Crippen molar-refractivity contribution in [2.24, 2.45) is 0 Å². The molecule has 0 saturated carbocycles. The number of benzene rings is 2. The second-order valence-electron chi connectivity index (χ2n) is 4.84. The molecule has 6 heteroatoms. The van der Waals surface area contributed by atoms with Crippen LogP contribution in [0, 0.1) is 5.82 Å². The summed E-state index contributed by atoms with van der Waals surface area (Å²) in [6.07, 6.45) is 1.43. The number of nitrogens with zero attached hydrogens (tertiary/aromatic N) is 2. The third-order valence-corrected chi connectivity index (χ3v) is 3.55. The van der Waals surface area contributed by atoms with E-state index in [0.717, 1.165) is 5.69 Å². The lowest BCUT2D eigenvalue weighted by atomic mass is 10.2. The van der Waals surface area contributed by atoms with Crippen LogP contribution in [0.2, 0.25) is 5.02 Å². The van der Waals surface area contributed by atoms with Crippen molar-refractivity contribution in [3.8, 4) is 0 Å². The third kappa shape index (κ3) is 3.96. The molecule has 4 nitrogen and oxygen atoms in total. The molecule has 2 N–H and O–H groups in total. The fraction of sp³-hybridized carbons (Fsp3) is 0.0588. The maximum Gasteiger partial charge on any atom is 0.135 e. The summed E-state index contributed by atoms with van der Waals surface area (Å²) in [6, 6.07) is 15.7. The molecular formula is C17H14ClFN4. The van der Waals surface area contributed by atoms with E-state index in [0.29, 0.717) is 28.8 Å². The van der Waals surface area contributed by atoms with Crippen molar-refractivity contribution in [1.82, 2.24) is 9.97 Å². The molecule has 0 radical (unpaired) electrons. The van der Waals surface area contributed by atoms with E-state index in [1.165, 1.54) is 12.4 Å². The summed E-state index contributed by atoms with van der Waals surface area (Å²) in [4.78, 5) is 8.28. The van der Waals surface area contributed by atoms with Crippen molar-refractivity contribution in [1.29, 1.82) is 0 Å². The molecule has 0 aliphatic heterocycles. The summed E-state index contributed by atoms with van der Waals surface area (Å²) >= 11 is 6.11. The fourth-order valence-corrected chi connectivity index (χ4v) is 2.23. The maximum absolute atomic E-state index is 13.6. The van der Waals surface area contributed by atoms with Crippen LogP contribution in [0.3, 0.4) is 0 Å². The Balaban J connectivity index is 1.70. The standard InChI is InChI=1S/C17H14ClFN4/c18-13-6-2-4-8-15(13)23-17-9-16(21-11-22-17)20-10-12-5-1-3-7-14(12)19/h1-9,11H,10H2,(H2,20,21,22,23). The van der Waals surface area contributed by atoms with Gasteiger partial charge in [-0.2, -0.15) is 0 Å². The van der Waals surface area contributed by atoms with E-state index in [2.05, 4.69) is 20.6 Å². The highest BCUT2D eigenvalue weighted by molar-refractivity contribution is 6.33. The Hall–Kier alpha value is -2.66. The number of rotatable bonds is 5. The lowest BCUT2D eigenvalue weighted by Crippen LogP contribution is -2.04. The Morgan fingerprint density at radius 2 is 1.70 bits per heavy atom. The normalized spacial score (nSPS) is 10.3. The van der Waals surface area contributed by atoms with Crippen LogP contribution in [0.1, 0.15) is 5.56 Å². The van der Waals surface area contributed by atoms with E-state index < -0.39 is 0 Å². The molecule has 3 aromatic rings. The molecule has 0 aliphatic carbocycles. The van der Waals surface area contributed by atoms with Gasteiger partial charge in [0, 0.05) is 18.2 Å². The molecule has 0 spiro atoms. The van der Waals surface area contributed by atoms with E-state index in [9.17, 15) is 4.39 Å². The van der Waals surface area contributed by atoms with E-state index in [1.807, 2.05) is 18.2 Å². The molecule has 0 fully saturated rings. The van der Waals surface area contributed by atoms with Gasteiger partial charge in [-0.25, -0.2) is 14.4 Å². The summed E-state index contributed by atoms with van der Waals surface area (Å²) < 4.78 is 13.6. The van der Waals surface area contributed by atoms with Gasteiger partial charge in [-0.3, -0.25) is 0 Å². The first kappa shape index (κ1) is 15.2. The first-order valence-electron chi connectivity index (χ1n) is 7.03. The van der Waals surface area contributed by atoms with Gasteiger partial charge >= 0.3 is 0 Å². The monoisotopic (exact) mass is 328 g/mol. The zero-order chi connectivity index (χ0) is 16.1. The smallest absolute Gasteiger partial charge is 0.135 e. The zero-order valence-electron chi connectivity index (χ0n) is 12.1. The molecule has 0 saturated heterocycles. The van der Waals surface area contributed by atoms with Gasteiger partial charge in [0.25, 0.3) is 0 Å². The van der Waals surface area contributed by atoms with Crippen molar-refractivity contribution in [2.75, 3.05) is 10.6 Å². The molecule has 1 heterocycles. The molecule has 0 amide bonds. The van der Waals surface area contributed by atoms with E-state index in [-0.39, 0.29) is 5.82 Å². The first-order chi connectivity index (χ1) is 11.2. The minimum atomic E-state index is -0.247. The summed E-state index contributed by atoms with van der Waals surface area (Å²) in [7, 11) is 0. The van der Waals surface area contributed by atoms with Crippen LogP contribution in [-0.4, -0.2) is 9.97 Å². The Bertz CT molecular complexity index is 810. The van der Waals surface area contributed by atoms with Gasteiger partial charge in [0.2, 0.25) is 0 Å². The molecule has 0 unspecified atom stereocenters.